The first-order valence-corrected chi connectivity index (χ1v) is 8.66. The third-order valence-electron chi connectivity index (χ3n) is 4.56. The normalized spacial score (nSPS) is 13.0. The molecule has 9 heteroatoms. The minimum Gasteiger partial charge on any atom is -0.507 e. The largest absolute Gasteiger partial charge is 0.507 e. The molecule has 0 fully saturated rings. The molecule has 4 N–H and O–H groups in total. The van der Waals surface area contributed by atoms with Crippen LogP contribution in [0, 0.1) is 0 Å². The molecule has 0 saturated heterocycles. The van der Waals surface area contributed by atoms with E-state index in [1.165, 1.54) is 4.57 Å². The van der Waals surface area contributed by atoms with E-state index in [9.17, 15) is 19.5 Å². The van der Waals surface area contributed by atoms with E-state index in [4.69, 9.17) is 14.9 Å². The second kappa shape index (κ2) is 8.24. The zero-order chi connectivity index (χ0) is 20.3. The van der Waals surface area contributed by atoms with E-state index in [1.807, 2.05) is 0 Å². The van der Waals surface area contributed by atoms with Crippen LogP contribution in [-0.4, -0.2) is 44.9 Å². The second-order valence-corrected chi connectivity index (χ2v) is 6.39. The van der Waals surface area contributed by atoms with Gasteiger partial charge in [-0.2, -0.15) is 0 Å². The number of carboxylic acid groups (broad SMARTS) is 1. The molecule has 1 aliphatic rings. The second-order valence-electron chi connectivity index (χ2n) is 6.39. The molecule has 148 valence electrons. The molecule has 0 saturated carbocycles. The molecule has 28 heavy (non-hydrogen) atoms. The van der Waals surface area contributed by atoms with Crippen LogP contribution in [0.4, 0.5) is 0 Å². The van der Waals surface area contributed by atoms with Crippen molar-refractivity contribution in [3.63, 3.8) is 0 Å². The van der Waals surface area contributed by atoms with Gasteiger partial charge in [0.15, 0.2) is 0 Å². The first-order valence-electron chi connectivity index (χ1n) is 8.66. The van der Waals surface area contributed by atoms with Gasteiger partial charge < -0.3 is 29.9 Å². The number of aliphatic hydroxyl groups excluding tert-OH is 1. The van der Waals surface area contributed by atoms with Gasteiger partial charge in [-0.1, -0.05) is 24.3 Å². The number of aromatic nitrogens is 1. The predicted octanol–water partition coefficient (Wildman–Crippen LogP) is -0.0184. The van der Waals surface area contributed by atoms with E-state index in [1.54, 1.807) is 24.3 Å². The molecule has 0 aliphatic carbocycles. The van der Waals surface area contributed by atoms with Crippen molar-refractivity contribution in [3.8, 4) is 5.75 Å². The molecule has 0 spiro atoms. The SMILES string of the molecule is O=C(O)CNC(=O)c1c(O)c2c(n(Cc3ccc(CO)cc3)c1=O)COCC2. The summed E-state index contributed by atoms with van der Waals surface area (Å²) in [6.07, 6.45) is 0.324. The topological polar surface area (TPSA) is 138 Å². The number of aliphatic carboxylic acids is 1. The molecule has 1 aromatic heterocycles. The Kier molecular flexibility index (Phi) is 5.76. The Balaban J connectivity index is 2.06. The first kappa shape index (κ1) is 19.6. The smallest absolute Gasteiger partial charge is 0.322 e. The number of nitrogens with one attached hydrogen (secondary N) is 1. The molecule has 0 unspecified atom stereocenters. The van der Waals surface area contributed by atoms with Gasteiger partial charge in [0.1, 0.15) is 17.9 Å². The van der Waals surface area contributed by atoms with E-state index in [0.29, 0.717) is 24.3 Å². The lowest BCUT2D eigenvalue weighted by Gasteiger charge is -2.24. The Morgan fingerprint density at radius 3 is 2.50 bits per heavy atom. The van der Waals surface area contributed by atoms with Crippen molar-refractivity contribution in [3.05, 3.63) is 62.6 Å². The third kappa shape index (κ3) is 3.90. The van der Waals surface area contributed by atoms with Crippen LogP contribution in [-0.2, 0) is 35.7 Å². The molecule has 1 aliphatic heterocycles. The molecule has 3 rings (SSSR count). The Labute approximate surface area is 159 Å². The number of amides is 1. The van der Waals surface area contributed by atoms with Gasteiger partial charge in [-0.3, -0.25) is 14.4 Å². The minimum absolute atomic E-state index is 0.101. The maximum atomic E-state index is 13.0. The highest BCUT2D eigenvalue weighted by Gasteiger charge is 2.27. The van der Waals surface area contributed by atoms with Crippen molar-refractivity contribution in [2.24, 2.45) is 0 Å². The van der Waals surface area contributed by atoms with Crippen LogP contribution in [0.3, 0.4) is 0 Å². The van der Waals surface area contributed by atoms with Gasteiger partial charge in [-0.05, 0) is 11.1 Å². The molecule has 0 bridgehead atoms. The van der Waals surface area contributed by atoms with E-state index in [0.717, 1.165) is 11.1 Å². The van der Waals surface area contributed by atoms with Gasteiger partial charge in [0.05, 0.1) is 32.1 Å². The summed E-state index contributed by atoms with van der Waals surface area (Å²) in [5, 5.41) is 30.5. The predicted molar refractivity (Wildman–Crippen MR) is 97.2 cm³/mol. The average Bonchev–Trinajstić information content (AvgIpc) is 2.70. The number of aliphatic hydroxyl groups is 1. The molecule has 2 heterocycles. The Hall–Kier alpha value is -3.17. The summed E-state index contributed by atoms with van der Waals surface area (Å²) in [7, 11) is 0. The lowest BCUT2D eigenvalue weighted by molar-refractivity contribution is -0.135. The van der Waals surface area contributed by atoms with Gasteiger partial charge in [0, 0.05) is 12.0 Å². The van der Waals surface area contributed by atoms with Gasteiger partial charge in [-0.15, -0.1) is 0 Å². The molecule has 0 radical (unpaired) electrons. The standard InChI is InChI=1S/C19H20N2O7/c22-9-12-3-1-11(2-4-12)8-21-14-10-28-6-5-13(14)17(25)16(19(21)27)18(26)20-7-15(23)24/h1-4,22,25H,5-10H2,(H,20,26)(H,23,24). The number of benzene rings is 1. The number of ether oxygens (including phenoxy) is 1. The fraction of sp³-hybridized carbons (Fsp3) is 0.316. The van der Waals surface area contributed by atoms with Crippen LogP contribution in [0.2, 0.25) is 0 Å². The molecule has 1 aromatic carbocycles. The summed E-state index contributed by atoms with van der Waals surface area (Å²) >= 11 is 0. The maximum Gasteiger partial charge on any atom is 0.322 e. The summed E-state index contributed by atoms with van der Waals surface area (Å²) in [4.78, 5) is 36.0. The number of fused-ring (bicyclic) bond motifs is 1. The van der Waals surface area contributed by atoms with Crippen molar-refractivity contribution < 1.29 is 29.6 Å². The Morgan fingerprint density at radius 1 is 1.18 bits per heavy atom. The number of carbonyl (C=O) groups excluding carboxylic acids is 1. The lowest BCUT2D eigenvalue weighted by atomic mass is 10.0. The first-order chi connectivity index (χ1) is 13.4. The van der Waals surface area contributed by atoms with E-state index in [-0.39, 0.29) is 19.8 Å². The average molecular weight is 388 g/mol. The van der Waals surface area contributed by atoms with Crippen LogP contribution in [0.1, 0.15) is 32.7 Å². The van der Waals surface area contributed by atoms with Crippen LogP contribution in [0.5, 0.6) is 5.75 Å². The summed E-state index contributed by atoms with van der Waals surface area (Å²) in [6, 6.07) is 6.96. The Bertz CT molecular complexity index is 964. The molecule has 9 nitrogen and oxygen atoms in total. The van der Waals surface area contributed by atoms with Crippen molar-refractivity contribution >= 4 is 11.9 Å². The number of hydrogen-bond acceptors (Lipinski definition) is 6. The van der Waals surface area contributed by atoms with Crippen molar-refractivity contribution in [1.82, 2.24) is 9.88 Å². The monoisotopic (exact) mass is 388 g/mol. The number of carboxylic acids is 1. The lowest BCUT2D eigenvalue weighted by Crippen LogP contribution is -2.38. The van der Waals surface area contributed by atoms with Gasteiger partial charge in [0.25, 0.3) is 11.5 Å². The summed E-state index contributed by atoms with van der Waals surface area (Å²) in [5.74, 6) is -2.63. The summed E-state index contributed by atoms with van der Waals surface area (Å²) in [6.45, 7) is -0.184. The number of pyridine rings is 1. The summed E-state index contributed by atoms with van der Waals surface area (Å²) in [5.41, 5.74) is 1.20. The molecule has 2 aromatic rings. The number of carbonyl (C=O) groups is 2. The highest BCUT2D eigenvalue weighted by Crippen LogP contribution is 2.28. The number of rotatable bonds is 6. The van der Waals surface area contributed by atoms with Crippen molar-refractivity contribution in [1.29, 1.82) is 0 Å². The molecule has 1 amide bonds. The van der Waals surface area contributed by atoms with E-state index >= 15 is 0 Å². The number of nitrogens with zero attached hydrogens (tertiary/aromatic N) is 1. The molecular weight excluding hydrogens is 368 g/mol. The number of hydrogen-bond donors (Lipinski definition) is 4. The minimum atomic E-state index is -1.26. The number of aromatic hydroxyl groups is 1. The van der Waals surface area contributed by atoms with Crippen LogP contribution in [0.25, 0.3) is 0 Å². The molecule has 0 atom stereocenters. The van der Waals surface area contributed by atoms with Crippen LogP contribution in [0.15, 0.2) is 29.1 Å². The fourth-order valence-electron chi connectivity index (χ4n) is 3.13. The van der Waals surface area contributed by atoms with Gasteiger partial charge in [-0.25, -0.2) is 0 Å². The van der Waals surface area contributed by atoms with E-state index < -0.39 is 35.3 Å². The highest BCUT2D eigenvalue weighted by molar-refractivity contribution is 5.98. The van der Waals surface area contributed by atoms with Crippen LogP contribution >= 0.6 is 0 Å². The fourth-order valence-corrected chi connectivity index (χ4v) is 3.13. The summed E-state index contributed by atoms with van der Waals surface area (Å²) < 4.78 is 6.78. The van der Waals surface area contributed by atoms with Crippen molar-refractivity contribution in [2.75, 3.05) is 13.2 Å². The zero-order valence-corrected chi connectivity index (χ0v) is 15.0. The van der Waals surface area contributed by atoms with Gasteiger partial charge >= 0.3 is 5.97 Å². The Morgan fingerprint density at radius 2 is 1.86 bits per heavy atom. The zero-order valence-electron chi connectivity index (χ0n) is 15.0. The highest BCUT2D eigenvalue weighted by atomic mass is 16.5. The van der Waals surface area contributed by atoms with E-state index in [2.05, 4.69) is 5.32 Å². The molecular formula is C19H20N2O7. The maximum absolute atomic E-state index is 13.0. The third-order valence-corrected chi connectivity index (χ3v) is 4.56. The van der Waals surface area contributed by atoms with Gasteiger partial charge in [0.2, 0.25) is 0 Å². The van der Waals surface area contributed by atoms with Crippen LogP contribution < -0.4 is 10.9 Å². The quantitative estimate of drug-likeness (QED) is 0.546. The van der Waals surface area contributed by atoms with Crippen molar-refractivity contribution in [2.45, 2.75) is 26.2 Å².